The minimum absolute atomic E-state index is 0.148. The molecule has 1 amide bonds. The van der Waals surface area contributed by atoms with Crippen LogP contribution in [-0.2, 0) is 4.79 Å². The summed E-state index contributed by atoms with van der Waals surface area (Å²) < 4.78 is 11.6. The van der Waals surface area contributed by atoms with Crippen LogP contribution in [-0.4, -0.2) is 25.2 Å². The van der Waals surface area contributed by atoms with Crippen LogP contribution in [0.5, 0.6) is 11.5 Å². The first-order valence-corrected chi connectivity index (χ1v) is 9.19. The predicted molar refractivity (Wildman–Crippen MR) is 105 cm³/mol. The average Bonchev–Trinajstić information content (AvgIpc) is 2.62. The smallest absolute Gasteiger partial charge is 0.261 e. The van der Waals surface area contributed by atoms with Gasteiger partial charge in [-0.2, -0.15) is 0 Å². The Bertz CT molecular complexity index is 761. The van der Waals surface area contributed by atoms with Crippen LogP contribution in [0.25, 0.3) is 0 Å². The first kappa shape index (κ1) is 20.1. The van der Waals surface area contributed by atoms with Gasteiger partial charge in [-0.15, -0.1) is 0 Å². The van der Waals surface area contributed by atoms with Gasteiger partial charge in [0, 0.05) is 5.02 Å². The molecule has 2 rings (SSSR count). The molecule has 26 heavy (non-hydrogen) atoms. The van der Waals surface area contributed by atoms with Gasteiger partial charge in [-0.1, -0.05) is 30.7 Å². The van der Waals surface area contributed by atoms with Crippen molar-refractivity contribution in [1.29, 1.82) is 0 Å². The van der Waals surface area contributed by atoms with Crippen LogP contribution in [0, 0.1) is 20.8 Å². The second kappa shape index (κ2) is 9.48. The molecule has 0 saturated carbocycles. The zero-order chi connectivity index (χ0) is 19.1. The van der Waals surface area contributed by atoms with Gasteiger partial charge >= 0.3 is 0 Å². The molecule has 0 radical (unpaired) electrons. The van der Waals surface area contributed by atoms with Crippen molar-refractivity contribution in [3.8, 4) is 11.5 Å². The van der Waals surface area contributed by atoms with Gasteiger partial charge in [0.15, 0.2) is 6.10 Å². The summed E-state index contributed by atoms with van der Waals surface area (Å²) in [5.74, 6) is 1.34. The summed E-state index contributed by atoms with van der Waals surface area (Å²) in [7, 11) is 0. The Labute approximate surface area is 160 Å². The highest BCUT2D eigenvalue weighted by molar-refractivity contribution is 6.31. The molecular formula is C21H26ClNO3. The number of carbonyl (C=O) groups excluding carboxylic acids is 1. The second-order valence-corrected chi connectivity index (χ2v) is 6.67. The Morgan fingerprint density at radius 2 is 1.92 bits per heavy atom. The predicted octanol–water partition coefficient (Wildman–Crippen LogP) is 4.62. The summed E-state index contributed by atoms with van der Waals surface area (Å²) in [6.45, 7) is 8.72. The molecule has 0 fully saturated rings. The molecule has 0 heterocycles. The third-order valence-electron chi connectivity index (χ3n) is 4.28. The van der Waals surface area contributed by atoms with Crippen LogP contribution in [0.15, 0.2) is 36.4 Å². The summed E-state index contributed by atoms with van der Waals surface area (Å²) in [5, 5.41) is 3.55. The summed E-state index contributed by atoms with van der Waals surface area (Å²) in [6, 6.07) is 11.3. The molecule has 1 N–H and O–H groups in total. The van der Waals surface area contributed by atoms with Crippen LogP contribution in [0.4, 0.5) is 0 Å². The van der Waals surface area contributed by atoms with E-state index >= 15 is 0 Å². The minimum Gasteiger partial charge on any atom is -0.491 e. The molecule has 140 valence electrons. The average molecular weight is 376 g/mol. The standard InChI is InChI=1S/C21H26ClNO3/c1-5-19(26-17-9-10-18(22)15(3)13-17)21(24)23-11-12-25-20-8-6-7-14(2)16(20)4/h6-10,13,19H,5,11-12H2,1-4H3,(H,23,24)/t19-/m0/s1. The fourth-order valence-corrected chi connectivity index (χ4v) is 2.62. The van der Waals surface area contributed by atoms with Crippen molar-refractivity contribution in [2.75, 3.05) is 13.2 Å². The lowest BCUT2D eigenvalue weighted by atomic mass is 10.1. The van der Waals surface area contributed by atoms with E-state index in [1.165, 1.54) is 5.56 Å². The van der Waals surface area contributed by atoms with Crippen molar-refractivity contribution < 1.29 is 14.3 Å². The Morgan fingerprint density at radius 3 is 2.62 bits per heavy atom. The van der Waals surface area contributed by atoms with E-state index < -0.39 is 6.10 Å². The molecule has 1 atom stereocenters. The number of amides is 1. The molecule has 4 nitrogen and oxygen atoms in total. The summed E-state index contributed by atoms with van der Waals surface area (Å²) in [4.78, 5) is 12.3. The number of aryl methyl sites for hydroxylation is 2. The van der Waals surface area contributed by atoms with Gasteiger partial charge in [-0.25, -0.2) is 0 Å². The lowest BCUT2D eigenvalue weighted by Crippen LogP contribution is -2.39. The molecule has 0 bridgehead atoms. The molecule has 0 aliphatic carbocycles. The molecule has 0 aliphatic rings. The fraction of sp³-hybridized carbons (Fsp3) is 0.381. The van der Waals surface area contributed by atoms with Gasteiger partial charge in [0.1, 0.15) is 18.1 Å². The minimum atomic E-state index is -0.545. The summed E-state index contributed by atoms with van der Waals surface area (Å²) in [5.41, 5.74) is 3.22. The highest BCUT2D eigenvalue weighted by Crippen LogP contribution is 2.22. The van der Waals surface area contributed by atoms with Gasteiger partial charge in [0.2, 0.25) is 0 Å². The van der Waals surface area contributed by atoms with Crippen molar-refractivity contribution in [3.05, 3.63) is 58.1 Å². The second-order valence-electron chi connectivity index (χ2n) is 6.26. The van der Waals surface area contributed by atoms with Gasteiger partial charge in [-0.3, -0.25) is 4.79 Å². The largest absolute Gasteiger partial charge is 0.491 e. The number of rotatable bonds is 8. The molecule has 2 aromatic carbocycles. The van der Waals surface area contributed by atoms with E-state index in [-0.39, 0.29) is 5.91 Å². The van der Waals surface area contributed by atoms with Crippen molar-refractivity contribution in [1.82, 2.24) is 5.32 Å². The molecule has 0 unspecified atom stereocenters. The molecular weight excluding hydrogens is 350 g/mol. The maximum absolute atomic E-state index is 12.3. The highest BCUT2D eigenvalue weighted by Gasteiger charge is 2.18. The fourth-order valence-electron chi connectivity index (χ4n) is 2.51. The van der Waals surface area contributed by atoms with Crippen LogP contribution in [0.3, 0.4) is 0 Å². The van der Waals surface area contributed by atoms with Crippen molar-refractivity contribution in [2.45, 2.75) is 40.2 Å². The maximum Gasteiger partial charge on any atom is 0.261 e. The SMILES string of the molecule is CC[C@H](Oc1ccc(Cl)c(C)c1)C(=O)NCCOc1cccc(C)c1C. The van der Waals surface area contributed by atoms with Gasteiger partial charge < -0.3 is 14.8 Å². The third kappa shape index (κ3) is 5.40. The maximum atomic E-state index is 12.3. The van der Waals surface area contributed by atoms with E-state index in [2.05, 4.69) is 5.32 Å². The van der Waals surface area contributed by atoms with Gasteiger partial charge in [-0.05, 0) is 68.1 Å². The third-order valence-corrected chi connectivity index (χ3v) is 4.71. The van der Waals surface area contributed by atoms with Crippen molar-refractivity contribution in [2.24, 2.45) is 0 Å². The Morgan fingerprint density at radius 1 is 1.15 bits per heavy atom. The molecule has 0 spiro atoms. The van der Waals surface area contributed by atoms with E-state index in [1.54, 1.807) is 12.1 Å². The number of benzene rings is 2. The van der Waals surface area contributed by atoms with Crippen LogP contribution in [0.1, 0.15) is 30.0 Å². The lowest BCUT2D eigenvalue weighted by Gasteiger charge is -2.18. The molecule has 2 aromatic rings. The molecule has 5 heteroatoms. The quantitative estimate of drug-likeness (QED) is 0.685. The van der Waals surface area contributed by atoms with Gasteiger partial charge in [0.25, 0.3) is 5.91 Å². The van der Waals surface area contributed by atoms with E-state index in [0.717, 1.165) is 16.9 Å². The molecule has 0 aliphatic heterocycles. The molecule has 0 aromatic heterocycles. The zero-order valence-corrected chi connectivity index (χ0v) is 16.5. The summed E-state index contributed by atoms with van der Waals surface area (Å²) >= 11 is 6.02. The number of hydrogen-bond acceptors (Lipinski definition) is 3. The van der Waals surface area contributed by atoms with Crippen LogP contribution >= 0.6 is 11.6 Å². The number of nitrogens with one attached hydrogen (secondary N) is 1. The number of hydrogen-bond donors (Lipinski definition) is 1. The first-order chi connectivity index (χ1) is 12.4. The normalized spacial score (nSPS) is 11.7. The number of halogens is 1. The number of ether oxygens (including phenoxy) is 2. The topological polar surface area (TPSA) is 47.6 Å². The number of carbonyl (C=O) groups is 1. The van der Waals surface area contributed by atoms with E-state index in [4.69, 9.17) is 21.1 Å². The van der Waals surface area contributed by atoms with Crippen molar-refractivity contribution >= 4 is 17.5 Å². The Balaban J connectivity index is 1.83. The highest BCUT2D eigenvalue weighted by atomic mass is 35.5. The van der Waals surface area contributed by atoms with E-state index in [9.17, 15) is 4.79 Å². The van der Waals surface area contributed by atoms with Crippen molar-refractivity contribution in [3.63, 3.8) is 0 Å². The first-order valence-electron chi connectivity index (χ1n) is 8.82. The van der Waals surface area contributed by atoms with Gasteiger partial charge in [0.05, 0.1) is 6.54 Å². The molecule has 0 saturated heterocycles. The Kier molecular flexibility index (Phi) is 7.34. The zero-order valence-electron chi connectivity index (χ0n) is 15.8. The monoisotopic (exact) mass is 375 g/mol. The van der Waals surface area contributed by atoms with E-state index in [1.807, 2.05) is 52.0 Å². The van der Waals surface area contributed by atoms with Crippen LogP contribution in [0.2, 0.25) is 5.02 Å². The van der Waals surface area contributed by atoms with Crippen LogP contribution < -0.4 is 14.8 Å². The Hall–Kier alpha value is -2.20. The van der Waals surface area contributed by atoms with E-state index in [0.29, 0.717) is 30.3 Å². The lowest BCUT2D eigenvalue weighted by molar-refractivity contribution is -0.128. The summed E-state index contributed by atoms with van der Waals surface area (Å²) in [6.07, 6.45) is 0.0296.